The molecule has 1 aromatic heterocycles. The van der Waals surface area contributed by atoms with Gasteiger partial charge in [-0.2, -0.15) is 0 Å². The highest BCUT2D eigenvalue weighted by molar-refractivity contribution is 7.99. The van der Waals surface area contributed by atoms with Gasteiger partial charge < -0.3 is 15.4 Å². The molecule has 0 bridgehead atoms. The van der Waals surface area contributed by atoms with E-state index in [1.54, 1.807) is 6.92 Å². The molecule has 0 aliphatic carbocycles. The first-order valence-corrected chi connectivity index (χ1v) is 8.18. The van der Waals surface area contributed by atoms with Gasteiger partial charge in [-0.25, -0.2) is 4.98 Å². The van der Waals surface area contributed by atoms with Crippen LogP contribution in [0.1, 0.15) is 16.8 Å². The van der Waals surface area contributed by atoms with E-state index in [9.17, 15) is 9.59 Å². The van der Waals surface area contributed by atoms with Crippen molar-refractivity contribution in [2.75, 3.05) is 17.7 Å². The van der Waals surface area contributed by atoms with Crippen molar-refractivity contribution in [1.82, 2.24) is 9.97 Å². The Kier molecular flexibility index (Phi) is 5.95. The van der Waals surface area contributed by atoms with Crippen LogP contribution in [-0.2, 0) is 11.2 Å². The molecule has 0 spiro atoms. The fourth-order valence-corrected chi connectivity index (χ4v) is 2.80. The fourth-order valence-electron chi connectivity index (χ4n) is 2.09. The van der Waals surface area contributed by atoms with Crippen molar-refractivity contribution >= 4 is 23.4 Å². The van der Waals surface area contributed by atoms with Crippen LogP contribution in [0.25, 0.3) is 0 Å². The highest BCUT2D eigenvalue weighted by Gasteiger charge is 2.10. The molecule has 23 heavy (non-hydrogen) atoms. The largest absolute Gasteiger partial charge is 0.396 e. The number of carbonyl (C=O) groups is 1. The van der Waals surface area contributed by atoms with E-state index >= 15 is 0 Å². The lowest BCUT2D eigenvalue weighted by molar-refractivity contribution is -0.113. The maximum absolute atomic E-state index is 12.0. The third kappa shape index (κ3) is 4.67. The molecule has 7 heteroatoms. The number of aromatic nitrogens is 2. The van der Waals surface area contributed by atoms with E-state index in [1.807, 2.05) is 31.2 Å². The number of H-pyrrole nitrogens is 1. The van der Waals surface area contributed by atoms with Gasteiger partial charge >= 0.3 is 0 Å². The molecule has 2 aromatic rings. The van der Waals surface area contributed by atoms with Crippen LogP contribution in [0.3, 0.4) is 0 Å². The number of hydrogen-bond acceptors (Lipinski definition) is 5. The summed E-state index contributed by atoms with van der Waals surface area (Å²) in [6, 6.07) is 7.53. The molecular formula is C16H19N3O3S. The molecule has 0 radical (unpaired) electrons. The molecule has 122 valence electrons. The van der Waals surface area contributed by atoms with Gasteiger partial charge in [0.25, 0.3) is 5.56 Å². The smallest absolute Gasteiger partial charge is 0.255 e. The van der Waals surface area contributed by atoms with Gasteiger partial charge in [0, 0.05) is 30.0 Å². The number of rotatable bonds is 6. The van der Waals surface area contributed by atoms with Crippen molar-refractivity contribution in [3.8, 4) is 0 Å². The summed E-state index contributed by atoms with van der Waals surface area (Å²) >= 11 is 1.17. The molecule has 6 nitrogen and oxygen atoms in total. The number of aliphatic hydroxyl groups is 1. The van der Waals surface area contributed by atoms with Crippen molar-refractivity contribution in [2.24, 2.45) is 0 Å². The third-order valence-electron chi connectivity index (χ3n) is 3.32. The fraction of sp³-hybridized carbons (Fsp3) is 0.312. The molecule has 0 atom stereocenters. The van der Waals surface area contributed by atoms with Gasteiger partial charge in [0.2, 0.25) is 5.91 Å². The first-order chi connectivity index (χ1) is 11.0. The van der Waals surface area contributed by atoms with Crippen molar-refractivity contribution in [3.63, 3.8) is 0 Å². The first kappa shape index (κ1) is 17.2. The normalized spacial score (nSPS) is 10.6. The Labute approximate surface area is 138 Å². The first-order valence-electron chi connectivity index (χ1n) is 7.20. The second-order valence-corrected chi connectivity index (χ2v) is 6.02. The molecule has 0 saturated carbocycles. The van der Waals surface area contributed by atoms with Gasteiger partial charge in [0.15, 0.2) is 5.16 Å². The predicted molar refractivity (Wildman–Crippen MR) is 90.9 cm³/mol. The summed E-state index contributed by atoms with van der Waals surface area (Å²) in [6.07, 6.45) is 0.271. The van der Waals surface area contributed by atoms with Gasteiger partial charge in [-0.1, -0.05) is 30.0 Å². The van der Waals surface area contributed by atoms with E-state index in [1.165, 1.54) is 11.8 Å². The zero-order valence-electron chi connectivity index (χ0n) is 13.0. The van der Waals surface area contributed by atoms with E-state index in [-0.39, 0.29) is 30.2 Å². The molecule has 0 fully saturated rings. The van der Waals surface area contributed by atoms with E-state index in [0.29, 0.717) is 16.4 Å². The Morgan fingerprint density at radius 1 is 1.35 bits per heavy atom. The summed E-state index contributed by atoms with van der Waals surface area (Å²) in [6.45, 7) is 3.54. The highest BCUT2D eigenvalue weighted by atomic mass is 32.2. The highest BCUT2D eigenvalue weighted by Crippen LogP contribution is 2.16. The molecule has 3 N–H and O–H groups in total. The molecule has 0 unspecified atom stereocenters. The average molecular weight is 333 g/mol. The molecule has 0 aliphatic rings. The summed E-state index contributed by atoms with van der Waals surface area (Å²) in [5.74, 6) is -0.0141. The van der Waals surface area contributed by atoms with Gasteiger partial charge in [0.1, 0.15) is 0 Å². The lowest BCUT2D eigenvalue weighted by Gasteiger charge is -2.08. The van der Waals surface area contributed by atoms with Crippen LogP contribution in [0, 0.1) is 13.8 Å². The number of nitrogens with one attached hydrogen (secondary N) is 2. The van der Waals surface area contributed by atoms with Crippen LogP contribution < -0.4 is 10.9 Å². The summed E-state index contributed by atoms with van der Waals surface area (Å²) < 4.78 is 0. The van der Waals surface area contributed by atoms with Gasteiger partial charge in [-0.3, -0.25) is 9.59 Å². The summed E-state index contributed by atoms with van der Waals surface area (Å²) in [5.41, 5.74) is 2.54. The minimum atomic E-state index is -0.270. The number of thioether (sulfide) groups is 1. The van der Waals surface area contributed by atoms with E-state index in [2.05, 4.69) is 15.3 Å². The van der Waals surface area contributed by atoms with Crippen LogP contribution in [0.2, 0.25) is 0 Å². The number of aryl methyl sites for hydroxylation is 2. The van der Waals surface area contributed by atoms with E-state index in [4.69, 9.17) is 5.11 Å². The average Bonchev–Trinajstić information content (AvgIpc) is 2.51. The lowest BCUT2D eigenvalue weighted by Crippen LogP contribution is -2.19. The molecule has 2 rings (SSSR count). The number of anilines is 1. The summed E-state index contributed by atoms with van der Waals surface area (Å²) in [7, 11) is 0. The summed E-state index contributed by atoms with van der Waals surface area (Å²) in [4.78, 5) is 30.8. The minimum absolute atomic E-state index is 0.100. The van der Waals surface area contributed by atoms with Gasteiger partial charge in [-0.15, -0.1) is 0 Å². The number of para-hydroxylation sites is 1. The summed E-state index contributed by atoms with van der Waals surface area (Å²) in [5, 5.41) is 12.2. The molecule has 1 heterocycles. The van der Waals surface area contributed by atoms with Gasteiger partial charge in [0.05, 0.1) is 5.75 Å². The Balaban J connectivity index is 1.99. The molecule has 1 aromatic carbocycles. The van der Waals surface area contributed by atoms with Gasteiger partial charge in [-0.05, 0) is 25.5 Å². The van der Waals surface area contributed by atoms with Crippen LogP contribution in [0.4, 0.5) is 5.69 Å². The van der Waals surface area contributed by atoms with Crippen molar-refractivity contribution in [3.05, 3.63) is 51.4 Å². The maximum atomic E-state index is 12.0. The molecule has 1 amide bonds. The quantitative estimate of drug-likeness (QED) is 0.552. The van der Waals surface area contributed by atoms with E-state index < -0.39 is 0 Å². The van der Waals surface area contributed by atoms with Crippen molar-refractivity contribution < 1.29 is 9.90 Å². The zero-order chi connectivity index (χ0) is 16.8. The van der Waals surface area contributed by atoms with Crippen LogP contribution >= 0.6 is 11.8 Å². The number of hydrogen-bond donors (Lipinski definition) is 3. The van der Waals surface area contributed by atoms with Crippen LogP contribution in [0.5, 0.6) is 0 Å². The second kappa shape index (κ2) is 7.94. The molecular weight excluding hydrogens is 314 g/mol. The zero-order valence-corrected chi connectivity index (χ0v) is 13.9. The monoisotopic (exact) mass is 333 g/mol. The molecule has 0 saturated heterocycles. The minimum Gasteiger partial charge on any atom is -0.396 e. The molecule has 0 aliphatic heterocycles. The predicted octanol–water partition coefficient (Wildman–Crippen LogP) is 1.65. The standard InChI is InChI=1S/C16H19N3O3S/c1-10-5-3-4-6-13(10)18-14(21)9-23-16-17-11(2)12(7-8-20)15(22)19-16/h3-6,20H,7-9H2,1-2H3,(H,18,21)(H,17,19,22). The Bertz CT molecular complexity index is 758. The Hall–Kier alpha value is -2.12. The topological polar surface area (TPSA) is 95.1 Å². The maximum Gasteiger partial charge on any atom is 0.255 e. The van der Waals surface area contributed by atoms with Crippen molar-refractivity contribution in [1.29, 1.82) is 0 Å². The van der Waals surface area contributed by atoms with Crippen LogP contribution in [0.15, 0.2) is 34.2 Å². The number of carbonyl (C=O) groups excluding carboxylic acids is 1. The Morgan fingerprint density at radius 3 is 2.74 bits per heavy atom. The lowest BCUT2D eigenvalue weighted by atomic mass is 10.2. The number of nitrogens with zero attached hydrogens (tertiary/aromatic N) is 1. The number of aromatic amines is 1. The van der Waals surface area contributed by atoms with E-state index in [0.717, 1.165) is 11.3 Å². The SMILES string of the molecule is Cc1ccccc1NC(=O)CSc1nc(C)c(CCO)c(=O)[nH]1. The van der Waals surface area contributed by atoms with Crippen LogP contribution in [-0.4, -0.2) is 33.3 Å². The number of aliphatic hydroxyl groups excluding tert-OH is 1. The number of amides is 1. The third-order valence-corrected chi connectivity index (χ3v) is 4.19. The Morgan fingerprint density at radius 2 is 2.09 bits per heavy atom. The van der Waals surface area contributed by atoms with Crippen molar-refractivity contribution in [2.45, 2.75) is 25.4 Å². The number of benzene rings is 1. The second-order valence-electron chi connectivity index (χ2n) is 5.06.